The number of fused-ring (bicyclic) bond motifs is 1. The maximum absolute atomic E-state index is 11.4. The minimum absolute atomic E-state index is 0.162. The number of furan rings is 1. The molecule has 0 saturated heterocycles. The summed E-state index contributed by atoms with van der Waals surface area (Å²) < 4.78 is 16.6. The third kappa shape index (κ3) is 5.32. The molecule has 0 amide bonds. The van der Waals surface area contributed by atoms with Crippen molar-refractivity contribution < 1.29 is 18.7 Å². The van der Waals surface area contributed by atoms with E-state index >= 15 is 0 Å². The predicted octanol–water partition coefficient (Wildman–Crippen LogP) is 6.85. The van der Waals surface area contributed by atoms with Gasteiger partial charge in [-0.2, -0.15) is 0 Å². The summed E-state index contributed by atoms with van der Waals surface area (Å²) >= 11 is 0. The number of hydrogen-bond acceptors (Lipinski definition) is 4. The average molecular weight is 407 g/mol. The van der Waals surface area contributed by atoms with E-state index < -0.39 is 5.97 Å². The number of carbonyl (C=O) groups excluding carboxylic acids is 1. The highest BCUT2D eigenvalue weighted by Crippen LogP contribution is 2.33. The lowest BCUT2D eigenvalue weighted by Gasteiger charge is -2.09. The smallest absolute Gasteiger partial charge is 0.335 e. The number of rotatable bonds is 10. The highest BCUT2D eigenvalue weighted by molar-refractivity contribution is 5.87. The van der Waals surface area contributed by atoms with E-state index in [2.05, 4.69) is 44.7 Å². The van der Waals surface area contributed by atoms with Gasteiger partial charge in [-0.3, -0.25) is 0 Å². The highest BCUT2D eigenvalue weighted by atomic mass is 16.7. The maximum Gasteiger partial charge on any atom is 0.335 e. The molecule has 0 aliphatic rings. The summed E-state index contributed by atoms with van der Waals surface area (Å²) in [6.45, 7) is 9.39. The molecule has 1 heterocycles. The van der Waals surface area contributed by atoms with Crippen LogP contribution >= 0.6 is 0 Å². The quantitative estimate of drug-likeness (QED) is 0.160. The molecule has 1 aromatic heterocycles. The second kappa shape index (κ2) is 10.1. The van der Waals surface area contributed by atoms with E-state index in [-0.39, 0.29) is 6.79 Å². The Morgan fingerprint density at radius 1 is 1.07 bits per heavy atom. The number of benzene rings is 2. The minimum Gasteiger partial charge on any atom is -0.457 e. The van der Waals surface area contributed by atoms with Gasteiger partial charge in [0.15, 0.2) is 0 Å². The molecule has 0 spiro atoms. The molecule has 0 saturated carbocycles. The molecule has 0 aliphatic carbocycles. The second-order valence-electron chi connectivity index (χ2n) is 7.59. The number of ether oxygens (including phenoxy) is 2. The van der Waals surface area contributed by atoms with Crippen molar-refractivity contribution in [2.45, 2.75) is 52.9 Å². The fourth-order valence-electron chi connectivity index (χ4n) is 3.42. The molecule has 158 valence electrons. The van der Waals surface area contributed by atoms with Crippen LogP contribution in [0.3, 0.4) is 0 Å². The topological polar surface area (TPSA) is 48.7 Å². The van der Waals surface area contributed by atoms with E-state index in [1.54, 1.807) is 6.92 Å². The molecule has 4 heteroatoms. The summed E-state index contributed by atoms with van der Waals surface area (Å²) in [5, 5.41) is 1.00. The van der Waals surface area contributed by atoms with Crippen molar-refractivity contribution in [2.24, 2.45) is 0 Å². The van der Waals surface area contributed by atoms with E-state index in [9.17, 15) is 4.79 Å². The normalized spacial score (nSPS) is 10.9. The molecule has 3 rings (SSSR count). The Labute approximate surface area is 178 Å². The molecule has 0 radical (unpaired) electrons. The molecule has 3 aromatic rings. The number of esters is 1. The van der Waals surface area contributed by atoms with Crippen LogP contribution in [0, 0.1) is 0 Å². The molecule has 0 fully saturated rings. The van der Waals surface area contributed by atoms with Gasteiger partial charge in [0, 0.05) is 22.6 Å². The molecule has 2 aromatic carbocycles. The van der Waals surface area contributed by atoms with Gasteiger partial charge in [-0.1, -0.05) is 51.5 Å². The van der Waals surface area contributed by atoms with E-state index in [0.29, 0.717) is 11.3 Å². The molecule has 4 nitrogen and oxygen atoms in total. The Hall–Kier alpha value is -3.01. The maximum atomic E-state index is 11.4. The first-order valence-corrected chi connectivity index (χ1v) is 10.6. The van der Waals surface area contributed by atoms with Gasteiger partial charge in [0.05, 0.1) is 0 Å². The zero-order valence-corrected chi connectivity index (χ0v) is 18.1. The summed E-state index contributed by atoms with van der Waals surface area (Å²) in [5.74, 6) is 0.967. The van der Waals surface area contributed by atoms with E-state index in [1.165, 1.54) is 30.4 Å². The van der Waals surface area contributed by atoms with Crippen molar-refractivity contribution in [3.63, 3.8) is 0 Å². The van der Waals surface area contributed by atoms with Gasteiger partial charge in [0.1, 0.15) is 17.1 Å². The van der Waals surface area contributed by atoms with Crippen molar-refractivity contribution in [3.05, 3.63) is 65.7 Å². The lowest BCUT2D eigenvalue weighted by Crippen LogP contribution is -2.10. The lowest BCUT2D eigenvalue weighted by atomic mass is 9.97. The van der Waals surface area contributed by atoms with Gasteiger partial charge in [0.25, 0.3) is 0 Å². The van der Waals surface area contributed by atoms with Crippen LogP contribution in [0.4, 0.5) is 0 Å². The second-order valence-corrected chi connectivity index (χ2v) is 7.59. The van der Waals surface area contributed by atoms with Crippen molar-refractivity contribution in [1.29, 1.82) is 0 Å². The number of aryl methyl sites for hydroxylation is 2. The third-order valence-electron chi connectivity index (χ3n) is 5.14. The first-order chi connectivity index (χ1) is 14.5. The summed E-state index contributed by atoms with van der Waals surface area (Å²) in [5.41, 5.74) is 4.90. The molecule has 0 aliphatic heterocycles. The van der Waals surface area contributed by atoms with Crippen LogP contribution in [0.5, 0.6) is 5.75 Å². The summed E-state index contributed by atoms with van der Waals surface area (Å²) in [4.78, 5) is 11.4. The molecular weight excluding hydrogens is 376 g/mol. The van der Waals surface area contributed by atoms with Crippen LogP contribution in [0.1, 0.15) is 51.2 Å². The van der Waals surface area contributed by atoms with Crippen LogP contribution in [0.25, 0.3) is 22.3 Å². The van der Waals surface area contributed by atoms with Crippen LogP contribution < -0.4 is 4.74 Å². The molecule has 0 N–H and O–H groups in total. The first-order valence-electron chi connectivity index (χ1n) is 10.6. The molecular formula is C26H30O4. The van der Waals surface area contributed by atoms with Gasteiger partial charge in [0.2, 0.25) is 6.79 Å². The fourth-order valence-corrected chi connectivity index (χ4v) is 3.42. The number of carbonyl (C=O) groups is 1. The van der Waals surface area contributed by atoms with Gasteiger partial charge in [-0.05, 0) is 55.5 Å². The van der Waals surface area contributed by atoms with E-state index in [0.717, 1.165) is 35.1 Å². The van der Waals surface area contributed by atoms with Crippen molar-refractivity contribution >= 4 is 16.9 Å². The summed E-state index contributed by atoms with van der Waals surface area (Å²) in [7, 11) is 0. The van der Waals surface area contributed by atoms with E-state index in [4.69, 9.17) is 13.9 Å². The van der Waals surface area contributed by atoms with Gasteiger partial charge >= 0.3 is 5.97 Å². The highest BCUT2D eigenvalue weighted by Gasteiger charge is 2.12. The lowest BCUT2D eigenvalue weighted by molar-refractivity contribution is -0.145. The van der Waals surface area contributed by atoms with Crippen molar-refractivity contribution in [2.75, 3.05) is 6.79 Å². The van der Waals surface area contributed by atoms with Crippen molar-refractivity contribution in [3.8, 4) is 17.1 Å². The van der Waals surface area contributed by atoms with E-state index in [1.807, 2.05) is 18.2 Å². The van der Waals surface area contributed by atoms with Crippen molar-refractivity contribution in [1.82, 2.24) is 0 Å². The zero-order chi connectivity index (χ0) is 21.5. The van der Waals surface area contributed by atoms with Gasteiger partial charge < -0.3 is 13.9 Å². The Kier molecular flexibility index (Phi) is 7.34. The van der Waals surface area contributed by atoms with Crippen LogP contribution in [0.2, 0.25) is 0 Å². The van der Waals surface area contributed by atoms with Crippen LogP contribution in [0.15, 0.2) is 59.0 Å². The molecule has 0 unspecified atom stereocenters. The van der Waals surface area contributed by atoms with Crippen LogP contribution in [-0.2, 0) is 22.4 Å². The number of unbranched alkanes of at least 4 members (excludes halogenated alkanes) is 2. The van der Waals surface area contributed by atoms with Crippen LogP contribution in [-0.4, -0.2) is 12.8 Å². The summed E-state index contributed by atoms with van der Waals surface area (Å²) in [6.07, 6.45) is 5.81. The molecule has 30 heavy (non-hydrogen) atoms. The monoisotopic (exact) mass is 406 g/mol. The summed E-state index contributed by atoms with van der Waals surface area (Å²) in [6, 6.07) is 14.4. The predicted molar refractivity (Wildman–Crippen MR) is 121 cm³/mol. The largest absolute Gasteiger partial charge is 0.457 e. The Morgan fingerprint density at radius 2 is 1.90 bits per heavy atom. The van der Waals surface area contributed by atoms with Gasteiger partial charge in [-0.25, -0.2) is 4.79 Å². The van der Waals surface area contributed by atoms with Gasteiger partial charge in [-0.15, -0.1) is 0 Å². The zero-order valence-electron chi connectivity index (χ0n) is 18.1. The standard InChI is InChI=1S/C26H30O4/c1-5-7-8-9-19-10-13-23(20(6-2)14-19)25-15-21-11-12-22(16-24(21)30-25)28-17-29-26(27)18(3)4/h10-16H,3,5-9,17H2,1-2,4H3. The Balaban J connectivity index is 1.76. The number of hydrogen-bond donors (Lipinski definition) is 0. The first kappa shape index (κ1) is 21.7. The molecule has 0 bridgehead atoms. The Bertz CT molecular complexity index is 1030. The molecule has 0 atom stereocenters. The average Bonchev–Trinajstić information content (AvgIpc) is 3.16. The minimum atomic E-state index is -0.471. The Morgan fingerprint density at radius 3 is 2.63 bits per heavy atom. The SMILES string of the molecule is C=C(C)C(=O)OCOc1ccc2cc(-c3ccc(CCCCC)cc3CC)oc2c1. The third-order valence-corrected chi connectivity index (χ3v) is 5.14. The fraction of sp³-hybridized carbons (Fsp3) is 0.346.